The van der Waals surface area contributed by atoms with E-state index in [2.05, 4.69) is 10.2 Å². The first-order chi connectivity index (χ1) is 12.8. The fourth-order valence-electron chi connectivity index (χ4n) is 3.20. The summed E-state index contributed by atoms with van der Waals surface area (Å²) in [5, 5.41) is 3.54. The third kappa shape index (κ3) is 7.78. The molecule has 27 heavy (non-hydrogen) atoms. The van der Waals surface area contributed by atoms with Crippen molar-refractivity contribution in [3.05, 3.63) is 34.9 Å². The zero-order valence-electron chi connectivity index (χ0n) is 16.0. The standard InChI is InChI=1S/C19H29ClN2O4S/c1-15(2)14-27(24,25)11-6-19(23)21-13-18(22-7-9-26-10-8-22)16-4-3-5-17(20)12-16/h3-5,12,15,18H,6-11,13-14H2,1-2H3,(H,21,23). The SMILES string of the molecule is CC(C)CS(=O)(=O)CCC(=O)NCC(c1cccc(Cl)c1)N1CCOCC1. The predicted octanol–water partition coefficient (Wildman–Crippen LogP) is 2.29. The number of halogens is 1. The van der Waals surface area contributed by atoms with Crippen LogP contribution in [0.3, 0.4) is 0 Å². The molecular weight excluding hydrogens is 388 g/mol. The molecule has 0 aliphatic carbocycles. The molecule has 1 aliphatic heterocycles. The van der Waals surface area contributed by atoms with E-state index in [1.165, 1.54) is 0 Å². The van der Waals surface area contributed by atoms with Gasteiger partial charge >= 0.3 is 0 Å². The van der Waals surface area contributed by atoms with Crippen molar-refractivity contribution in [1.29, 1.82) is 0 Å². The number of nitrogens with one attached hydrogen (secondary N) is 1. The molecule has 1 amide bonds. The first-order valence-electron chi connectivity index (χ1n) is 9.31. The van der Waals surface area contributed by atoms with Crippen LogP contribution in [0, 0.1) is 5.92 Å². The Morgan fingerprint density at radius 2 is 2.00 bits per heavy atom. The normalized spacial score (nSPS) is 17.0. The van der Waals surface area contributed by atoms with Gasteiger partial charge in [0.1, 0.15) is 0 Å². The second-order valence-electron chi connectivity index (χ2n) is 7.28. The smallest absolute Gasteiger partial charge is 0.221 e. The molecule has 0 saturated carbocycles. The number of carbonyl (C=O) groups excluding carboxylic acids is 1. The van der Waals surface area contributed by atoms with Crippen LogP contribution in [0.25, 0.3) is 0 Å². The van der Waals surface area contributed by atoms with Gasteiger partial charge in [0.2, 0.25) is 5.91 Å². The molecule has 1 aromatic carbocycles. The number of sulfone groups is 1. The zero-order valence-corrected chi connectivity index (χ0v) is 17.6. The van der Waals surface area contributed by atoms with Gasteiger partial charge in [-0.2, -0.15) is 0 Å². The van der Waals surface area contributed by atoms with Gasteiger partial charge in [-0.25, -0.2) is 8.42 Å². The van der Waals surface area contributed by atoms with Crippen LogP contribution in [-0.4, -0.2) is 63.6 Å². The Balaban J connectivity index is 1.96. The summed E-state index contributed by atoms with van der Waals surface area (Å²) in [7, 11) is -3.20. The average molecular weight is 417 g/mol. The van der Waals surface area contributed by atoms with Crippen molar-refractivity contribution in [2.24, 2.45) is 5.92 Å². The van der Waals surface area contributed by atoms with Crippen LogP contribution in [0.2, 0.25) is 5.02 Å². The van der Waals surface area contributed by atoms with E-state index in [1.807, 2.05) is 38.1 Å². The van der Waals surface area contributed by atoms with E-state index < -0.39 is 9.84 Å². The van der Waals surface area contributed by atoms with Crippen molar-refractivity contribution in [2.75, 3.05) is 44.4 Å². The summed E-state index contributed by atoms with van der Waals surface area (Å²) >= 11 is 6.13. The first-order valence-corrected chi connectivity index (χ1v) is 11.5. The Kier molecular flexibility index (Phi) is 8.54. The van der Waals surface area contributed by atoms with Gasteiger partial charge in [0.25, 0.3) is 0 Å². The first kappa shape index (κ1) is 22.1. The lowest BCUT2D eigenvalue weighted by molar-refractivity contribution is -0.121. The summed E-state index contributed by atoms with van der Waals surface area (Å²) < 4.78 is 29.4. The van der Waals surface area contributed by atoms with Crippen LogP contribution in [0.1, 0.15) is 31.9 Å². The maximum Gasteiger partial charge on any atom is 0.221 e. The fourth-order valence-corrected chi connectivity index (χ4v) is 5.08. The second kappa shape index (κ2) is 10.4. The quantitative estimate of drug-likeness (QED) is 0.668. The minimum absolute atomic E-state index is 0.0135. The van der Waals surface area contributed by atoms with Crippen molar-refractivity contribution >= 4 is 27.3 Å². The monoisotopic (exact) mass is 416 g/mol. The third-order valence-electron chi connectivity index (χ3n) is 4.44. The van der Waals surface area contributed by atoms with Gasteiger partial charge in [0.15, 0.2) is 9.84 Å². The average Bonchev–Trinajstić information content (AvgIpc) is 2.60. The van der Waals surface area contributed by atoms with Crippen molar-refractivity contribution in [3.8, 4) is 0 Å². The molecule has 0 bridgehead atoms. The van der Waals surface area contributed by atoms with Gasteiger partial charge in [0, 0.05) is 31.1 Å². The van der Waals surface area contributed by atoms with Gasteiger partial charge in [-0.3, -0.25) is 9.69 Å². The Labute approximate surface area is 167 Å². The lowest BCUT2D eigenvalue weighted by atomic mass is 10.0. The van der Waals surface area contributed by atoms with Gasteiger partial charge in [-0.05, 0) is 23.6 Å². The van der Waals surface area contributed by atoms with Crippen molar-refractivity contribution < 1.29 is 17.9 Å². The maximum atomic E-state index is 12.2. The van der Waals surface area contributed by atoms with E-state index in [0.29, 0.717) is 24.8 Å². The Morgan fingerprint density at radius 3 is 2.63 bits per heavy atom. The second-order valence-corrected chi connectivity index (χ2v) is 9.95. The van der Waals surface area contributed by atoms with E-state index in [9.17, 15) is 13.2 Å². The largest absolute Gasteiger partial charge is 0.379 e. The molecule has 1 unspecified atom stereocenters. The molecule has 1 aromatic rings. The van der Waals surface area contributed by atoms with E-state index >= 15 is 0 Å². The number of hydrogen-bond donors (Lipinski definition) is 1. The fraction of sp³-hybridized carbons (Fsp3) is 0.632. The molecule has 0 spiro atoms. The number of rotatable bonds is 9. The summed E-state index contributed by atoms with van der Waals surface area (Å²) in [4.78, 5) is 14.5. The van der Waals surface area contributed by atoms with Crippen molar-refractivity contribution in [3.63, 3.8) is 0 Å². The number of morpholine rings is 1. The number of benzene rings is 1. The van der Waals surface area contributed by atoms with Crippen LogP contribution in [0.4, 0.5) is 0 Å². The highest BCUT2D eigenvalue weighted by Gasteiger charge is 2.24. The highest BCUT2D eigenvalue weighted by molar-refractivity contribution is 7.91. The summed E-state index contributed by atoms with van der Waals surface area (Å²) in [5.41, 5.74) is 1.03. The third-order valence-corrected chi connectivity index (χ3v) is 6.68. The molecule has 1 N–H and O–H groups in total. The van der Waals surface area contributed by atoms with E-state index in [0.717, 1.165) is 18.7 Å². The summed E-state index contributed by atoms with van der Waals surface area (Å²) in [6.45, 7) is 6.97. The van der Waals surface area contributed by atoms with Crippen LogP contribution in [0.5, 0.6) is 0 Å². The van der Waals surface area contributed by atoms with Crippen LogP contribution in [-0.2, 0) is 19.4 Å². The molecule has 1 fully saturated rings. The molecule has 1 atom stereocenters. The molecule has 0 radical (unpaired) electrons. The molecule has 8 heteroatoms. The number of hydrogen-bond acceptors (Lipinski definition) is 5. The number of amides is 1. The van der Waals surface area contributed by atoms with E-state index in [4.69, 9.17) is 16.3 Å². The number of ether oxygens (including phenoxy) is 1. The lowest BCUT2D eigenvalue weighted by Crippen LogP contribution is -2.44. The van der Waals surface area contributed by atoms with Gasteiger partial charge in [0.05, 0.1) is 30.8 Å². The van der Waals surface area contributed by atoms with Crippen molar-refractivity contribution in [1.82, 2.24) is 10.2 Å². The van der Waals surface area contributed by atoms with Crippen LogP contribution in [0.15, 0.2) is 24.3 Å². The van der Waals surface area contributed by atoms with Gasteiger partial charge < -0.3 is 10.1 Å². The molecule has 1 saturated heterocycles. The summed E-state index contributed by atoms with van der Waals surface area (Å²) in [6, 6.07) is 7.58. The zero-order chi connectivity index (χ0) is 19.9. The van der Waals surface area contributed by atoms with E-state index in [1.54, 1.807) is 0 Å². The highest BCUT2D eigenvalue weighted by Crippen LogP contribution is 2.24. The highest BCUT2D eigenvalue weighted by atomic mass is 35.5. The Morgan fingerprint density at radius 1 is 1.30 bits per heavy atom. The van der Waals surface area contributed by atoms with Gasteiger partial charge in [-0.1, -0.05) is 37.6 Å². The number of nitrogens with zero attached hydrogens (tertiary/aromatic N) is 1. The van der Waals surface area contributed by atoms with Crippen LogP contribution >= 0.6 is 11.6 Å². The molecule has 1 aliphatic rings. The molecule has 152 valence electrons. The predicted molar refractivity (Wildman–Crippen MR) is 108 cm³/mol. The molecule has 2 rings (SSSR count). The van der Waals surface area contributed by atoms with Crippen LogP contribution < -0.4 is 5.32 Å². The molecule has 1 heterocycles. The summed E-state index contributed by atoms with van der Waals surface area (Å²) in [5.74, 6) is -0.190. The topological polar surface area (TPSA) is 75.7 Å². The van der Waals surface area contributed by atoms with E-state index in [-0.39, 0.29) is 35.8 Å². The molecule has 0 aromatic heterocycles. The Hall–Kier alpha value is -1.15. The minimum atomic E-state index is -3.20. The minimum Gasteiger partial charge on any atom is -0.379 e. The number of carbonyl (C=O) groups is 1. The summed E-state index contributed by atoms with van der Waals surface area (Å²) in [6.07, 6.45) is -0.0135. The van der Waals surface area contributed by atoms with Crippen molar-refractivity contribution in [2.45, 2.75) is 26.3 Å². The molecule has 6 nitrogen and oxygen atoms in total. The maximum absolute atomic E-state index is 12.2. The van der Waals surface area contributed by atoms with Gasteiger partial charge in [-0.15, -0.1) is 0 Å². The lowest BCUT2D eigenvalue weighted by Gasteiger charge is -2.35. The molecular formula is C19H29ClN2O4S. The Bertz CT molecular complexity index is 718.